The predicted molar refractivity (Wildman–Crippen MR) is 69.0 cm³/mol. The van der Waals surface area contributed by atoms with Crippen molar-refractivity contribution in [3.05, 3.63) is 23.8 Å². The van der Waals surface area contributed by atoms with Gasteiger partial charge in [-0.1, -0.05) is 0 Å². The van der Waals surface area contributed by atoms with Crippen molar-refractivity contribution in [2.75, 3.05) is 14.2 Å². The van der Waals surface area contributed by atoms with Crippen LogP contribution in [0.25, 0.3) is 0 Å². The molecule has 1 aromatic rings. The van der Waals surface area contributed by atoms with E-state index in [1.165, 1.54) is 14.2 Å². The van der Waals surface area contributed by atoms with E-state index >= 15 is 0 Å². The van der Waals surface area contributed by atoms with E-state index < -0.39 is 18.6 Å². The Kier molecular flexibility index (Phi) is 7.00. The van der Waals surface area contributed by atoms with Crippen LogP contribution in [0, 0.1) is 0 Å². The molecule has 0 aromatic heterocycles. The van der Waals surface area contributed by atoms with Crippen molar-refractivity contribution < 1.29 is 22.6 Å². The fraction of sp³-hybridized carbons (Fsp3) is 0.500. The third-order valence-electron chi connectivity index (χ3n) is 2.54. The normalized spacial score (nSPS) is 12.5. The summed E-state index contributed by atoms with van der Waals surface area (Å²) < 4.78 is 46.4. The average molecular weight is 300 g/mol. The summed E-state index contributed by atoms with van der Waals surface area (Å²) in [5, 5.41) is 0. The molecule has 1 atom stereocenters. The van der Waals surface area contributed by atoms with Gasteiger partial charge in [0.2, 0.25) is 0 Å². The first-order chi connectivity index (χ1) is 8.35. The highest BCUT2D eigenvalue weighted by Crippen LogP contribution is 2.30. The first-order valence-electron chi connectivity index (χ1n) is 5.41. The number of halogens is 4. The quantitative estimate of drug-likeness (QED) is 0.905. The molecule has 2 N–H and O–H groups in total. The van der Waals surface area contributed by atoms with Gasteiger partial charge in [0, 0.05) is 18.5 Å². The number of methoxy groups -OCH3 is 2. The smallest absolute Gasteiger partial charge is 0.389 e. The molecular weight excluding hydrogens is 283 g/mol. The number of nitrogens with two attached hydrogens (primary N) is 1. The molecule has 3 nitrogen and oxygen atoms in total. The lowest BCUT2D eigenvalue weighted by Crippen LogP contribution is -2.16. The number of hydrogen-bond donors (Lipinski definition) is 1. The summed E-state index contributed by atoms with van der Waals surface area (Å²) in [6.45, 7) is 0. The molecule has 0 radical (unpaired) electrons. The highest BCUT2D eigenvalue weighted by atomic mass is 35.5. The number of alkyl halides is 3. The fourth-order valence-corrected chi connectivity index (χ4v) is 1.53. The van der Waals surface area contributed by atoms with Gasteiger partial charge in [0.15, 0.2) is 0 Å². The van der Waals surface area contributed by atoms with Gasteiger partial charge in [-0.3, -0.25) is 0 Å². The summed E-state index contributed by atoms with van der Waals surface area (Å²) in [5.41, 5.74) is 6.30. The molecule has 19 heavy (non-hydrogen) atoms. The summed E-state index contributed by atoms with van der Waals surface area (Å²) >= 11 is 0. The zero-order chi connectivity index (χ0) is 13.8. The molecule has 0 spiro atoms. The van der Waals surface area contributed by atoms with Crippen molar-refractivity contribution in [3.8, 4) is 11.5 Å². The number of rotatable bonds is 5. The Morgan fingerprint density at radius 2 is 1.58 bits per heavy atom. The molecule has 0 saturated carbocycles. The maximum absolute atomic E-state index is 12.1. The van der Waals surface area contributed by atoms with Crippen molar-refractivity contribution in [1.29, 1.82) is 0 Å². The van der Waals surface area contributed by atoms with Crippen LogP contribution in [-0.2, 0) is 0 Å². The molecule has 0 bridgehead atoms. The van der Waals surface area contributed by atoms with Gasteiger partial charge in [-0.15, -0.1) is 12.4 Å². The monoisotopic (exact) mass is 299 g/mol. The van der Waals surface area contributed by atoms with Gasteiger partial charge in [0.05, 0.1) is 14.2 Å². The lowest BCUT2D eigenvalue weighted by Gasteiger charge is -2.15. The number of benzene rings is 1. The van der Waals surface area contributed by atoms with Crippen LogP contribution >= 0.6 is 12.4 Å². The van der Waals surface area contributed by atoms with Crippen LogP contribution in [-0.4, -0.2) is 20.4 Å². The van der Waals surface area contributed by atoms with Gasteiger partial charge in [0.25, 0.3) is 0 Å². The molecule has 0 heterocycles. The van der Waals surface area contributed by atoms with Crippen LogP contribution in [0.15, 0.2) is 18.2 Å². The standard InChI is InChI=1S/C12H16F3NO2.ClH/c1-17-9-5-8(6-10(7-9)18-2)11(16)3-4-12(13,14)15;/h5-7,11H,3-4,16H2,1-2H3;1H/t11-;/m1./s1. The van der Waals surface area contributed by atoms with Crippen LogP contribution in [0.1, 0.15) is 24.4 Å². The van der Waals surface area contributed by atoms with Gasteiger partial charge >= 0.3 is 6.18 Å². The van der Waals surface area contributed by atoms with Crippen molar-refractivity contribution in [2.45, 2.75) is 25.1 Å². The lowest BCUT2D eigenvalue weighted by atomic mass is 10.0. The van der Waals surface area contributed by atoms with Gasteiger partial charge < -0.3 is 15.2 Å². The van der Waals surface area contributed by atoms with Gasteiger partial charge in [-0.2, -0.15) is 13.2 Å². The molecular formula is C12H17ClF3NO2. The summed E-state index contributed by atoms with van der Waals surface area (Å²) in [7, 11) is 2.94. The van der Waals surface area contributed by atoms with E-state index in [4.69, 9.17) is 15.2 Å². The molecule has 0 saturated heterocycles. The Labute approximate surface area is 116 Å². The maximum atomic E-state index is 12.1. The van der Waals surface area contributed by atoms with E-state index in [1.54, 1.807) is 18.2 Å². The van der Waals surface area contributed by atoms with E-state index in [-0.39, 0.29) is 18.8 Å². The van der Waals surface area contributed by atoms with Crippen LogP contribution in [0.2, 0.25) is 0 Å². The molecule has 0 fully saturated rings. The Bertz CT molecular complexity index is 377. The van der Waals surface area contributed by atoms with E-state index in [9.17, 15) is 13.2 Å². The molecule has 0 aliphatic rings. The Hall–Kier alpha value is -1.14. The largest absolute Gasteiger partial charge is 0.497 e. The Morgan fingerprint density at radius 3 is 1.95 bits per heavy atom. The molecule has 0 aliphatic heterocycles. The lowest BCUT2D eigenvalue weighted by molar-refractivity contribution is -0.136. The van der Waals surface area contributed by atoms with Crippen molar-refractivity contribution >= 4 is 12.4 Å². The van der Waals surface area contributed by atoms with E-state index in [2.05, 4.69) is 0 Å². The number of ether oxygens (including phenoxy) is 2. The van der Waals surface area contributed by atoms with E-state index in [1.807, 2.05) is 0 Å². The number of hydrogen-bond acceptors (Lipinski definition) is 3. The zero-order valence-electron chi connectivity index (χ0n) is 10.7. The van der Waals surface area contributed by atoms with Crippen molar-refractivity contribution in [1.82, 2.24) is 0 Å². The molecule has 1 rings (SSSR count). The van der Waals surface area contributed by atoms with Crippen molar-refractivity contribution in [3.63, 3.8) is 0 Å². The first-order valence-corrected chi connectivity index (χ1v) is 5.41. The average Bonchev–Trinajstić information content (AvgIpc) is 2.34. The van der Waals surface area contributed by atoms with Gasteiger partial charge in [-0.05, 0) is 24.1 Å². The molecule has 0 aliphatic carbocycles. The second kappa shape index (κ2) is 7.45. The Balaban J connectivity index is 0.00000324. The molecule has 0 unspecified atom stereocenters. The minimum atomic E-state index is -4.19. The van der Waals surface area contributed by atoms with Crippen LogP contribution in [0.4, 0.5) is 13.2 Å². The maximum Gasteiger partial charge on any atom is 0.389 e. The Morgan fingerprint density at radius 1 is 1.11 bits per heavy atom. The molecule has 7 heteroatoms. The molecule has 110 valence electrons. The molecule has 1 aromatic carbocycles. The summed E-state index contributed by atoms with van der Waals surface area (Å²) in [6, 6.07) is 4.17. The summed E-state index contributed by atoms with van der Waals surface area (Å²) in [6.07, 6.45) is -5.27. The van der Waals surface area contributed by atoms with E-state index in [0.29, 0.717) is 17.1 Å². The van der Waals surface area contributed by atoms with E-state index in [0.717, 1.165) is 0 Å². The summed E-state index contributed by atoms with van der Waals surface area (Å²) in [5.74, 6) is 1.01. The first kappa shape index (κ1) is 17.9. The minimum absolute atomic E-state index is 0. The predicted octanol–water partition coefficient (Wildman–Crippen LogP) is 3.47. The van der Waals surface area contributed by atoms with Gasteiger partial charge in [0.1, 0.15) is 11.5 Å². The SMILES string of the molecule is COc1cc(OC)cc([C@H](N)CCC(F)(F)F)c1.Cl. The topological polar surface area (TPSA) is 44.5 Å². The highest BCUT2D eigenvalue weighted by Gasteiger charge is 2.28. The summed E-state index contributed by atoms with van der Waals surface area (Å²) in [4.78, 5) is 0. The minimum Gasteiger partial charge on any atom is -0.497 e. The fourth-order valence-electron chi connectivity index (χ4n) is 1.53. The third kappa shape index (κ3) is 6.02. The van der Waals surface area contributed by atoms with Crippen LogP contribution in [0.3, 0.4) is 0 Å². The van der Waals surface area contributed by atoms with Crippen molar-refractivity contribution in [2.24, 2.45) is 5.73 Å². The second-order valence-corrected chi connectivity index (χ2v) is 3.91. The third-order valence-corrected chi connectivity index (χ3v) is 2.54. The van der Waals surface area contributed by atoms with Gasteiger partial charge in [-0.25, -0.2) is 0 Å². The second-order valence-electron chi connectivity index (χ2n) is 3.91. The molecule has 0 amide bonds. The highest BCUT2D eigenvalue weighted by molar-refractivity contribution is 5.85. The van der Waals surface area contributed by atoms with Crippen LogP contribution in [0.5, 0.6) is 11.5 Å². The zero-order valence-corrected chi connectivity index (χ0v) is 11.5. The van der Waals surface area contributed by atoms with Crippen LogP contribution < -0.4 is 15.2 Å².